The van der Waals surface area contributed by atoms with E-state index in [4.69, 9.17) is 21.3 Å². The number of amidine groups is 1. The zero-order valence-electron chi connectivity index (χ0n) is 18.6. The Balaban J connectivity index is 1.37. The highest BCUT2D eigenvalue weighted by Gasteiger charge is 2.24. The van der Waals surface area contributed by atoms with E-state index in [1.807, 2.05) is 24.3 Å². The summed E-state index contributed by atoms with van der Waals surface area (Å²) in [6.45, 7) is 3.64. The summed E-state index contributed by atoms with van der Waals surface area (Å²) in [6, 6.07) is 11.7. The molecule has 0 amide bonds. The molecule has 0 bridgehead atoms. The largest absolute Gasteiger partial charge is 0.493 e. The van der Waals surface area contributed by atoms with E-state index < -0.39 is 11.6 Å². The Bertz CT molecular complexity index is 889. The van der Waals surface area contributed by atoms with Crippen LogP contribution in [0.2, 0.25) is 5.02 Å². The van der Waals surface area contributed by atoms with Crippen LogP contribution in [0.5, 0.6) is 5.75 Å². The fourth-order valence-electron chi connectivity index (χ4n) is 3.78. The van der Waals surface area contributed by atoms with Gasteiger partial charge in [-0.1, -0.05) is 23.4 Å². The van der Waals surface area contributed by atoms with Crippen LogP contribution in [-0.4, -0.2) is 60.6 Å². The maximum absolute atomic E-state index is 13.2. The number of hydrogen-bond donors (Lipinski definition) is 0. The van der Waals surface area contributed by atoms with E-state index >= 15 is 0 Å². The number of piperidine rings is 1. The van der Waals surface area contributed by atoms with Gasteiger partial charge in [-0.05, 0) is 74.9 Å². The van der Waals surface area contributed by atoms with Crippen LogP contribution in [0, 0.1) is 11.6 Å². The fraction of sp³-hybridized carbons (Fsp3) is 0.458. The van der Waals surface area contributed by atoms with Crippen molar-refractivity contribution in [2.24, 2.45) is 4.99 Å². The van der Waals surface area contributed by atoms with Crippen molar-refractivity contribution >= 4 is 34.2 Å². The van der Waals surface area contributed by atoms with Crippen molar-refractivity contribution in [1.29, 1.82) is 0 Å². The van der Waals surface area contributed by atoms with Crippen LogP contribution in [0.4, 0.5) is 14.5 Å². The van der Waals surface area contributed by atoms with Gasteiger partial charge in [0.05, 0.1) is 12.3 Å². The van der Waals surface area contributed by atoms with Gasteiger partial charge < -0.3 is 14.5 Å². The molecule has 0 unspecified atom stereocenters. The topological polar surface area (TPSA) is 28.1 Å². The van der Waals surface area contributed by atoms with Crippen LogP contribution >= 0.6 is 23.4 Å². The summed E-state index contributed by atoms with van der Waals surface area (Å²) >= 11 is 7.63. The normalized spacial score (nSPS) is 15.7. The number of ether oxygens (including phenoxy) is 1. The maximum atomic E-state index is 13.2. The maximum Gasteiger partial charge on any atom is 0.164 e. The number of nitrogens with zero attached hydrogens (tertiary/aromatic N) is 3. The molecule has 0 saturated carbocycles. The van der Waals surface area contributed by atoms with Crippen molar-refractivity contribution in [3.63, 3.8) is 0 Å². The van der Waals surface area contributed by atoms with E-state index in [-0.39, 0.29) is 0 Å². The SMILES string of the molecule is CSC(=Nc1ccc(Cl)cc1)N(C)C1CCN(CCCCOc2ccc(F)c(F)c2)CC1. The first-order chi connectivity index (χ1) is 15.5. The number of aliphatic imine (C=N–C) groups is 1. The van der Waals surface area contributed by atoms with Gasteiger partial charge in [-0.3, -0.25) is 0 Å². The molecule has 0 atom stereocenters. The highest BCUT2D eigenvalue weighted by atomic mass is 35.5. The lowest BCUT2D eigenvalue weighted by molar-refractivity contribution is 0.162. The Hall–Kier alpha value is -1.83. The fourth-order valence-corrected chi connectivity index (χ4v) is 4.53. The lowest BCUT2D eigenvalue weighted by Crippen LogP contribution is -2.45. The van der Waals surface area contributed by atoms with Gasteiger partial charge >= 0.3 is 0 Å². The number of halogens is 3. The zero-order valence-corrected chi connectivity index (χ0v) is 20.1. The summed E-state index contributed by atoms with van der Waals surface area (Å²) in [7, 11) is 2.13. The van der Waals surface area contributed by atoms with Crippen LogP contribution in [0.15, 0.2) is 47.5 Å². The van der Waals surface area contributed by atoms with E-state index in [0.29, 0.717) is 23.4 Å². The Morgan fingerprint density at radius 2 is 1.84 bits per heavy atom. The molecule has 2 aromatic rings. The quantitative estimate of drug-likeness (QED) is 0.254. The number of hydrogen-bond acceptors (Lipinski definition) is 4. The van der Waals surface area contributed by atoms with Crippen LogP contribution in [0.3, 0.4) is 0 Å². The van der Waals surface area contributed by atoms with Gasteiger partial charge in [0.2, 0.25) is 0 Å². The van der Waals surface area contributed by atoms with Gasteiger partial charge in [-0.25, -0.2) is 13.8 Å². The molecule has 0 radical (unpaired) electrons. The minimum Gasteiger partial charge on any atom is -0.493 e. The molecule has 4 nitrogen and oxygen atoms in total. The molecule has 8 heteroatoms. The molecule has 0 aliphatic carbocycles. The number of likely N-dealkylation sites (tertiary alicyclic amines) is 1. The predicted molar refractivity (Wildman–Crippen MR) is 130 cm³/mol. The molecule has 1 aliphatic rings. The average molecular weight is 482 g/mol. The smallest absolute Gasteiger partial charge is 0.164 e. The number of benzene rings is 2. The monoisotopic (exact) mass is 481 g/mol. The molecule has 1 fully saturated rings. The second-order valence-corrected chi connectivity index (χ2v) is 9.10. The van der Waals surface area contributed by atoms with Crippen molar-refractivity contribution in [1.82, 2.24) is 9.80 Å². The summed E-state index contributed by atoms with van der Waals surface area (Å²) in [4.78, 5) is 9.57. The Kier molecular flexibility index (Phi) is 9.63. The predicted octanol–water partition coefficient (Wildman–Crippen LogP) is 6.22. The third kappa shape index (κ3) is 7.36. The Morgan fingerprint density at radius 3 is 2.50 bits per heavy atom. The number of rotatable bonds is 8. The summed E-state index contributed by atoms with van der Waals surface area (Å²) in [6.07, 6.45) is 6.15. The number of unbranched alkanes of at least 4 members (excludes halogenated alkanes) is 1. The van der Waals surface area contributed by atoms with E-state index in [0.717, 1.165) is 68.3 Å². The molecule has 0 aromatic heterocycles. The average Bonchev–Trinajstić information content (AvgIpc) is 2.80. The van der Waals surface area contributed by atoms with E-state index in [2.05, 4.69) is 23.1 Å². The highest BCUT2D eigenvalue weighted by molar-refractivity contribution is 8.13. The number of thioether (sulfide) groups is 1. The minimum atomic E-state index is -0.877. The standard InChI is InChI=1S/C24H30ClF2N3OS/c1-29(24(32-2)28-19-7-5-18(25)6-8-19)20-11-14-30(15-12-20)13-3-4-16-31-21-9-10-22(26)23(27)17-21/h5-10,17,20H,3-4,11-16H2,1-2H3. The third-order valence-corrected chi connectivity index (χ3v) is 6.67. The van der Waals surface area contributed by atoms with Gasteiger partial charge in [0.25, 0.3) is 0 Å². The van der Waals surface area contributed by atoms with Gasteiger partial charge in [0.1, 0.15) is 5.75 Å². The van der Waals surface area contributed by atoms with E-state index in [1.54, 1.807) is 11.8 Å². The van der Waals surface area contributed by atoms with Gasteiger partial charge in [0, 0.05) is 37.3 Å². The molecule has 0 N–H and O–H groups in total. The van der Waals surface area contributed by atoms with Crippen molar-refractivity contribution in [2.45, 2.75) is 31.7 Å². The molecule has 1 aliphatic heterocycles. The first kappa shape index (κ1) is 24.8. The zero-order chi connectivity index (χ0) is 22.9. The van der Waals surface area contributed by atoms with E-state index in [1.165, 1.54) is 6.07 Å². The first-order valence-electron chi connectivity index (χ1n) is 10.9. The minimum absolute atomic E-state index is 0.373. The van der Waals surface area contributed by atoms with Crippen molar-refractivity contribution < 1.29 is 13.5 Å². The highest BCUT2D eigenvalue weighted by Crippen LogP contribution is 2.23. The van der Waals surface area contributed by atoms with Crippen molar-refractivity contribution in [3.8, 4) is 5.75 Å². The second-order valence-electron chi connectivity index (χ2n) is 7.89. The molecule has 3 rings (SSSR count). The second kappa shape index (κ2) is 12.4. The van der Waals surface area contributed by atoms with E-state index in [9.17, 15) is 8.78 Å². The Labute approximate surface area is 198 Å². The summed E-state index contributed by atoms with van der Waals surface area (Å²) in [5, 5.41) is 1.73. The molecule has 1 saturated heterocycles. The summed E-state index contributed by atoms with van der Waals surface area (Å²) < 4.78 is 31.7. The van der Waals surface area contributed by atoms with Crippen LogP contribution in [0.25, 0.3) is 0 Å². The molecule has 2 aromatic carbocycles. The molecule has 174 valence electrons. The Morgan fingerprint density at radius 1 is 1.12 bits per heavy atom. The lowest BCUT2D eigenvalue weighted by Gasteiger charge is -2.37. The molecular formula is C24H30ClF2N3OS. The molecule has 0 spiro atoms. The van der Waals surface area contributed by atoms with Crippen molar-refractivity contribution in [3.05, 3.63) is 59.1 Å². The van der Waals surface area contributed by atoms with Crippen molar-refractivity contribution in [2.75, 3.05) is 39.5 Å². The van der Waals surface area contributed by atoms with Gasteiger partial charge in [-0.15, -0.1) is 0 Å². The van der Waals surface area contributed by atoms with Crippen LogP contribution < -0.4 is 4.74 Å². The summed E-state index contributed by atoms with van der Waals surface area (Å²) in [5.41, 5.74) is 0.911. The van der Waals surface area contributed by atoms with Gasteiger partial charge in [-0.2, -0.15) is 0 Å². The summed E-state index contributed by atoms with van der Waals surface area (Å²) in [5.74, 6) is -1.36. The molecule has 32 heavy (non-hydrogen) atoms. The van der Waals surface area contributed by atoms with Crippen LogP contribution in [0.1, 0.15) is 25.7 Å². The lowest BCUT2D eigenvalue weighted by atomic mass is 10.0. The third-order valence-electron chi connectivity index (χ3n) is 5.67. The molecule has 1 heterocycles. The van der Waals surface area contributed by atoms with Crippen LogP contribution in [-0.2, 0) is 0 Å². The molecular weight excluding hydrogens is 452 g/mol. The first-order valence-corrected chi connectivity index (χ1v) is 12.5. The van der Waals surface area contributed by atoms with Gasteiger partial charge in [0.15, 0.2) is 16.8 Å².